The van der Waals surface area contributed by atoms with E-state index in [0.29, 0.717) is 0 Å². The van der Waals surface area contributed by atoms with Crippen LogP contribution in [0.1, 0.15) is 13.2 Å². The number of hydrogen-bond acceptors (Lipinski definition) is 8. The minimum atomic E-state index is -2.12. The highest BCUT2D eigenvalue weighted by Crippen LogP contribution is 2.37. The fourth-order valence-corrected chi connectivity index (χ4v) is 2.17. The average molecular weight is 326 g/mol. The Morgan fingerprint density at radius 2 is 2.35 bits per heavy atom. The zero-order valence-electron chi connectivity index (χ0n) is 11.9. The predicted molar refractivity (Wildman–Crippen MR) is 73.9 cm³/mol. The lowest BCUT2D eigenvalue weighted by Crippen LogP contribution is -2.44. The number of ether oxygens (including phenoxy) is 1. The van der Waals surface area contributed by atoms with Crippen molar-refractivity contribution in [2.24, 2.45) is 5.11 Å². The molecule has 1 amide bonds. The molecule has 0 aliphatic carbocycles. The molecule has 23 heavy (non-hydrogen) atoms. The van der Waals surface area contributed by atoms with Crippen LogP contribution in [0, 0.1) is 0 Å². The third-order valence-corrected chi connectivity index (χ3v) is 3.25. The molecule has 0 unspecified atom stereocenters. The van der Waals surface area contributed by atoms with Gasteiger partial charge in [-0.05, 0) is 11.6 Å². The maximum atomic E-state index is 12.0. The van der Waals surface area contributed by atoms with E-state index in [0.717, 1.165) is 4.57 Å². The molecule has 4 N–H and O–H groups in total. The number of rotatable bonds is 4. The van der Waals surface area contributed by atoms with Crippen LogP contribution in [0.5, 0.6) is 0 Å². The first kappa shape index (κ1) is 16.9. The Labute approximate surface area is 128 Å². The molecule has 0 radical (unpaired) electrons. The van der Waals surface area contributed by atoms with Crippen molar-refractivity contribution in [2.75, 3.05) is 11.9 Å². The summed E-state index contributed by atoms with van der Waals surface area (Å²) >= 11 is 0. The van der Waals surface area contributed by atoms with Gasteiger partial charge in [-0.25, -0.2) is 4.79 Å². The number of carbonyl (C=O) groups is 1. The number of hydrogen-bond donors (Lipinski definition) is 4. The topological polar surface area (TPSA) is 183 Å². The van der Waals surface area contributed by atoms with E-state index in [1.807, 2.05) is 0 Å². The zero-order chi connectivity index (χ0) is 17.2. The number of carbonyl (C=O) groups excluding carboxylic acids is 1. The molecule has 1 aliphatic heterocycles. The van der Waals surface area contributed by atoms with Gasteiger partial charge in [0.2, 0.25) is 11.6 Å². The molecule has 124 valence electrons. The normalized spacial score (nSPS) is 29.8. The summed E-state index contributed by atoms with van der Waals surface area (Å²) in [7, 11) is 0. The van der Waals surface area contributed by atoms with Gasteiger partial charge in [-0.3, -0.25) is 9.36 Å². The van der Waals surface area contributed by atoms with Crippen molar-refractivity contribution in [1.82, 2.24) is 9.55 Å². The Balaban J connectivity index is 2.37. The lowest BCUT2D eigenvalue weighted by atomic mass is 10.1. The van der Waals surface area contributed by atoms with Gasteiger partial charge in [-0.2, -0.15) is 4.98 Å². The third-order valence-electron chi connectivity index (χ3n) is 3.25. The predicted octanol–water partition coefficient (Wildman–Crippen LogP) is -1.55. The summed E-state index contributed by atoms with van der Waals surface area (Å²) in [6.07, 6.45) is -3.67. The molecule has 0 spiro atoms. The fraction of sp³-hybridized carbons (Fsp3) is 0.545. The Morgan fingerprint density at radius 1 is 1.65 bits per heavy atom. The monoisotopic (exact) mass is 326 g/mol. The Bertz CT molecular complexity index is 715. The lowest BCUT2D eigenvalue weighted by Gasteiger charge is -2.23. The number of amides is 1. The van der Waals surface area contributed by atoms with Crippen LogP contribution in [-0.4, -0.2) is 55.3 Å². The van der Waals surface area contributed by atoms with Crippen LogP contribution in [-0.2, 0) is 9.53 Å². The highest BCUT2D eigenvalue weighted by atomic mass is 16.6. The van der Waals surface area contributed by atoms with E-state index in [2.05, 4.69) is 20.3 Å². The average Bonchev–Trinajstić information content (AvgIpc) is 2.73. The van der Waals surface area contributed by atoms with Crippen molar-refractivity contribution in [1.29, 1.82) is 0 Å². The molecule has 12 nitrogen and oxygen atoms in total. The van der Waals surface area contributed by atoms with E-state index in [1.54, 1.807) is 0 Å². The molecule has 1 aliphatic rings. The molecule has 1 fully saturated rings. The van der Waals surface area contributed by atoms with Crippen molar-refractivity contribution in [3.8, 4) is 0 Å². The summed E-state index contributed by atoms with van der Waals surface area (Å²) in [4.78, 5) is 28.9. The number of nitrogens with one attached hydrogen (secondary N) is 1. The van der Waals surface area contributed by atoms with Gasteiger partial charge in [0.25, 0.3) is 0 Å². The summed E-state index contributed by atoms with van der Waals surface area (Å²) in [5.74, 6) is -0.430. The second kappa shape index (κ2) is 6.32. The van der Waals surface area contributed by atoms with Crippen LogP contribution in [0.4, 0.5) is 5.82 Å². The Hall–Kier alpha value is -2.50. The molecule has 0 aromatic carbocycles. The first-order valence-corrected chi connectivity index (χ1v) is 6.42. The highest BCUT2D eigenvalue weighted by molar-refractivity contribution is 5.87. The summed E-state index contributed by atoms with van der Waals surface area (Å²) in [6.45, 7) is 0.334. The number of azide groups is 1. The van der Waals surface area contributed by atoms with Crippen LogP contribution < -0.4 is 11.0 Å². The van der Waals surface area contributed by atoms with Crippen molar-refractivity contribution in [2.45, 2.75) is 31.1 Å². The fourth-order valence-electron chi connectivity index (χ4n) is 2.17. The van der Waals surface area contributed by atoms with Gasteiger partial charge in [0.15, 0.2) is 6.23 Å². The maximum absolute atomic E-state index is 12.0. The Kier molecular flexibility index (Phi) is 4.63. The number of anilines is 1. The van der Waals surface area contributed by atoms with E-state index in [-0.39, 0.29) is 5.82 Å². The molecule has 12 heteroatoms. The van der Waals surface area contributed by atoms with Gasteiger partial charge >= 0.3 is 5.69 Å². The summed E-state index contributed by atoms with van der Waals surface area (Å²) in [6, 6.07) is 1.28. The van der Waals surface area contributed by atoms with Crippen LogP contribution in [0.2, 0.25) is 0 Å². The summed E-state index contributed by atoms with van der Waals surface area (Å²) in [5.41, 5.74) is 5.51. The van der Waals surface area contributed by atoms with Crippen molar-refractivity contribution >= 4 is 11.7 Å². The number of nitrogens with zero attached hydrogens (tertiary/aromatic N) is 5. The van der Waals surface area contributed by atoms with Crippen molar-refractivity contribution in [3.63, 3.8) is 0 Å². The molecule has 1 saturated heterocycles. The van der Waals surface area contributed by atoms with Crippen LogP contribution in [0.25, 0.3) is 10.4 Å². The zero-order valence-corrected chi connectivity index (χ0v) is 11.9. The van der Waals surface area contributed by atoms with Gasteiger partial charge in [0.05, 0.1) is 6.61 Å². The standard InChI is InChI=1S/C11H14N6O6/c1-5(19)13-6-2-3-17(10(22)14-6)9-7(20)8(21)11(4-18,23-9)15-16-12/h2-3,7-9,18,20-21H,4H2,1H3,(H,13,14,19,22)/t7-,8+,9-,11-/m1/s1. The molecule has 0 saturated carbocycles. The molecule has 1 aromatic heterocycles. The minimum Gasteiger partial charge on any atom is -0.393 e. The first-order valence-electron chi connectivity index (χ1n) is 6.42. The largest absolute Gasteiger partial charge is 0.393 e. The molecule has 0 bridgehead atoms. The van der Waals surface area contributed by atoms with Gasteiger partial charge in [-0.1, -0.05) is 5.11 Å². The van der Waals surface area contributed by atoms with E-state index in [4.69, 9.17) is 10.3 Å². The number of aromatic nitrogens is 2. The van der Waals surface area contributed by atoms with E-state index in [9.17, 15) is 24.9 Å². The van der Waals surface area contributed by atoms with E-state index in [1.165, 1.54) is 19.2 Å². The van der Waals surface area contributed by atoms with Crippen LogP contribution in [0.3, 0.4) is 0 Å². The molecule has 4 atom stereocenters. The van der Waals surface area contributed by atoms with Crippen LogP contribution >= 0.6 is 0 Å². The lowest BCUT2D eigenvalue weighted by molar-refractivity contribution is -0.125. The Morgan fingerprint density at radius 3 is 2.87 bits per heavy atom. The van der Waals surface area contributed by atoms with Gasteiger partial charge in [0, 0.05) is 18.0 Å². The molecule has 1 aromatic rings. The van der Waals surface area contributed by atoms with Crippen LogP contribution in [0.15, 0.2) is 22.2 Å². The van der Waals surface area contributed by atoms with Gasteiger partial charge in [-0.15, -0.1) is 0 Å². The molecular formula is C11H14N6O6. The quantitative estimate of drug-likeness (QED) is 0.293. The van der Waals surface area contributed by atoms with Gasteiger partial charge in [0.1, 0.15) is 18.0 Å². The number of aliphatic hydroxyl groups is 3. The van der Waals surface area contributed by atoms with Gasteiger partial charge < -0.3 is 25.4 Å². The smallest absolute Gasteiger partial charge is 0.351 e. The molecular weight excluding hydrogens is 312 g/mol. The minimum absolute atomic E-state index is 0.00440. The van der Waals surface area contributed by atoms with Crippen molar-refractivity contribution < 1.29 is 24.9 Å². The third kappa shape index (κ3) is 3.02. The molecule has 2 rings (SSSR count). The summed E-state index contributed by atoms with van der Waals surface area (Å²) in [5, 5.41) is 34.7. The SMILES string of the molecule is CC(=O)Nc1ccn([C@@H]2O[C@@](CO)(N=[N+]=[N-])[C@@H](O)[C@H]2O)c(=O)n1. The maximum Gasteiger partial charge on any atom is 0.351 e. The summed E-state index contributed by atoms with van der Waals surface area (Å²) < 4.78 is 6.05. The van der Waals surface area contributed by atoms with E-state index >= 15 is 0 Å². The molecule has 2 heterocycles. The highest BCUT2D eigenvalue weighted by Gasteiger charge is 2.54. The second-order valence-corrected chi connectivity index (χ2v) is 4.82. The first-order chi connectivity index (χ1) is 10.8. The second-order valence-electron chi connectivity index (χ2n) is 4.82. The number of aliphatic hydroxyl groups excluding tert-OH is 3. The van der Waals surface area contributed by atoms with Crippen molar-refractivity contribution in [3.05, 3.63) is 33.2 Å². The van der Waals surface area contributed by atoms with E-state index < -0.39 is 42.4 Å².